The molecule has 2 unspecified atom stereocenters. The second kappa shape index (κ2) is 6.53. The SMILES string of the molecule is CCN(Cc1ccccn1)S(=O)(=O)C1CCCC1C(=O)O. The van der Waals surface area contributed by atoms with Crippen LogP contribution in [-0.2, 0) is 21.4 Å². The Bertz CT molecular complexity index is 588. The van der Waals surface area contributed by atoms with Gasteiger partial charge < -0.3 is 5.11 Å². The molecule has 116 valence electrons. The summed E-state index contributed by atoms with van der Waals surface area (Å²) in [6.07, 6.45) is 3.10. The minimum Gasteiger partial charge on any atom is -0.481 e. The van der Waals surface area contributed by atoms with Gasteiger partial charge in [-0.3, -0.25) is 9.78 Å². The topological polar surface area (TPSA) is 87.6 Å². The van der Waals surface area contributed by atoms with Crippen molar-refractivity contribution in [2.75, 3.05) is 6.54 Å². The van der Waals surface area contributed by atoms with Gasteiger partial charge in [0.05, 0.1) is 23.4 Å². The molecule has 2 rings (SSSR count). The summed E-state index contributed by atoms with van der Waals surface area (Å²) < 4.78 is 26.8. The molecule has 0 radical (unpaired) electrons. The van der Waals surface area contributed by atoms with Crippen LogP contribution in [0.25, 0.3) is 0 Å². The molecule has 1 aromatic heterocycles. The van der Waals surface area contributed by atoms with Gasteiger partial charge in [0.1, 0.15) is 0 Å². The van der Waals surface area contributed by atoms with Crippen LogP contribution < -0.4 is 0 Å². The number of aliphatic carboxylic acids is 1. The molecule has 7 heteroatoms. The molecule has 1 fully saturated rings. The summed E-state index contributed by atoms with van der Waals surface area (Å²) in [4.78, 5) is 15.4. The van der Waals surface area contributed by atoms with Crippen molar-refractivity contribution in [1.29, 1.82) is 0 Å². The molecule has 21 heavy (non-hydrogen) atoms. The summed E-state index contributed by atoms with van der Waals surface area (Å²) in [6.45, 7) is 2.25. The fourth-order valence-corrected chi connectivity index (χ4v) is 5.00. The van der Waals surface area contributed by atoms with Crippen LogP contribution in [0.2, 0.25) is 0 Å². The van der Waals surface area contributed by atoms with Crippen molar-refractivity contribution < 1.29 is 18.3 Å². The Morgan fingerprint density at radius 2 is 2.19 bits per heavy atom. The molecule has 0 aromatic carbocycles. The van der Waals surface area contributed by atoms with Gasteiger partial charge in [0.15, 0.2) is 0 Å². The molecular formula is C14H20N2O4S. The first-order valence-electron chi connectivity index (χ1n) is 7.08. The highest BCUT2D eigenvalue weighted by atomic mass is 32.2. The number of aromatic nitrogens is 1. The quantitative estimate of drug-likeness (QED) is 0.860. The molecule has 0 bridgehead atoms. The Labute approximate surface area is 124 Å². The van der Waals surface area contributed by atoms with E-state index in [0.717, 1.165) is 0 Å². The van der Waals surface area contributed by atoms with Gasteiger partial charge in [0, 0.05) is 12.7 Å². The van der Waals surface area contributed by atoms with Crippen molar-refractivity contribution in [3.63, 3.8) is 0 Å². The van der Waals surface area contributed by atoms with Crippen molar-refractivity contribution in [2.24, 2.45) is 5.92 Å². The van der Waals surface area contributed by atoms with E-state index in [1.54, 1.807) is 31.3 Å². The Kier molecular flexibility index (Phi) is 4.95. The van der Waals surface area contributed by atoms with E-state index >= 15 is 0 Å². The minimum absolute atomic E-state index is 0.183. The largest absolute Gasteiger partial charge is 0.481 e. The highest BCUT2D eigenvalue weighted by Gasteiger charge is 2.43. The van der Waals surface area contributed by atoms with Crippen LogP contribution in [0.1, 0.15) is 31.9 Å². The highest BCUT2D eigenvalue weighted by Crippen LogP contribution is 2.33. The lowest BCUT2D eigenvalue weighted by molar-refractivity contribution is -0.141. The van der Waals surface area contributed by atoms with Crippen molar-refractivity contribution >= 4 is 16.0 Å². The summed E-state index contributed by atoms with van der Waals surface area (Å²) in [5.41, 5.74) is 0.660. The number of carboxylic acids is 1. The average molecular weight is 312 g/mol. The van der Waals surface area contributed by atoms with E-state index in [1.165, 1.54) is 4.31 Å². The molecule has 0 amide bonds. The zero-order valence-corrected chi connectivity index (χ0v) is 12.8. The zero-order valence-electron chi connectivity index (χ0n) is 12.0. The Morgan fingerprint density at radius 3 is 2.76 bits per heavy atom. The molecule has 1 aromatic rings. The predicted molar refractivity (Wildman–Crippen MR) is 78.0 cm³/mol. The second-order valence-corrected chi connectivity index (χ2v) is 7.36. The van der Waals surface area contributed by atoms with Gasteiger partial charge in [0.25, 0.3) is 0 Å². The van der Waals surface area contributed by atoms with Gasteiger partial charge in [-0.15, -0.1) is 0 Å². The van der Waals surface area contributed by atoms with Crippen molar-refractivity contribution in [1.82, 2.24) is 9.29 Å². The number of sulfonamides is 1. The Hall–Kier alpha value is -1.47. The fraction of sp³-hybridized carbons (Fsp3) is 0.571. The third kappa shape index (κ3) is 3.41. The lowest BCUT2D eigenvalue weighted by atomic mass is 10.1. The maximum Gasteiger partial charge on any atom is 0.307 e. The van der Waals surface area contributed by atoms with Gasteiger partial charge in [-0.2, -0.15) is 4.31 Å². The maximum absolute atomic E-state index is 12.7. The third-order valence-electron chi connectivity index (χ3n) is 3.93. The highest BCUT2D eigenvalue weighted by molar-refractivity contribution is 7.89. The van der Waals surface area contributed by atoms with Gasteiger partial charge in [-0.1, -0.05) is 19.4 Å². The lowest BCUT2D eigenvalue weighted by Gasteiger charge is -2.26. The molecule has 1 saturated carbocycles. The molecular weight excluding hydrogens is 292 g/mol. The molecule has 0 saturated heterocycles. The Balaban J connectivity index is 2.21. The smallest absolute Gasteiger partial charge is 0.307 e. The van der Waals surface area contributed by atoms with E-state index in [2.05, 4.69) is 4.98 Å². The van der Waals surface area contributed by atoms with Crippen LogP contribution in [-0.4, -0.2) is 40.6 Å². The Morgan fingerprint density at radius 1 is 1.43 bits per heavy atom. The standard InChI is InChI=1S/C14H20N2O4S/c1-2-16(10-11-6-3-4-9-15-11)21(19,20)13-8-5-7-12(13)14(17)18/h3-4,6,9,12-13H,2,5,7-8,10H2,1H3,(H,17,18). The van der Waals surface area contributed by atoms with Crippen LogP contribution in [0.3, 0.4) is 0 Å². The molecule has 0 aliphatic heterocycles. The number of pyridine rings is 1. The van der Waals surface area contributed by atoms with Crippen LogP contribution in [0.4, 0.5) is 0 Å². The number of carbonyl (C=O) groups is 1. The fourth-order valence-electron chi connectivity index (χ4n) is 2.81. The molecule has 1 aliphatic rings. The van der Waals surface area contributed by atoms with Crippen LogP contribution in [0.5, 0.6) is 0 Å². The normalized spacial score (nSPS) is 22.6. The number of rotatable bonds is 6. The van der Waals surface area contributed by atoms with Crippen LogP contribution in [0, 0.1) is 5.92 Å². The van der Waals surface area contributed by atoms with E-state index in [9.17, 15) is 18.3 Å². The van der Waals surface area contributed by atoms with E-state index in [4.69, 9.17) is 0 Å². The van der Waals surface area contributed by atoms with Crippen molar-refractivity contribution in [3.05, 3.63) is 30.1 Å². The lowest BCUT2D eigenvalue weighted by Crippen LogP contribution is -2.42. The van der Waals surface area contributed by atoms with Crippen molar-refractivity contribution in [3.8, 4) is 0 Å². The molecule has 1 aliphatic carbocycles. The van der Waals surface area contributed by atoms with Gasteiger partial charge >= 0.3 is 5.97 Å². The predicted octanol–water partition coefficient (Wildman–Crippen LogP) is 1.49. The summed E-state index contributed by atoms with van der Waals surface area (Å²) in [7, 11) is -3.63. The average Bonchev–Trinajstić information content (AvgIpc) is 2.96. The van der Waals surface area contributed by atoms with Gasteiger partial charge in [-0.05, 0) is 25.0 Å². The van der Waals surface area contributed by atoms with Crippen LogP contribution >= 0.6 is 0 Å². The second-order valence-electron chi connectivity index (χ2n) is 5.21. The number of hydrogen-bond acceptors (Lipinski definition) is 4. The molecule has 6 nitrogen and oxygen atoms in total. The number of hydrogen-bond donors (Lipinski definition) is 1. The molecule has 0 spiro atoms. The maximum atomic E-state index is 12.7. The van der Waals surface area contributed by atoms with E-state index < -0.39 is 27.2 Å². The summed E-state index contributed by atoms with van der Waals surface area (Å²) >= 11 is 0. The first kappa shape index (κ1) is 15.9. The third-order valence-corrected chi connectivity index (χ3v) is 6.37. The van der Waals surface area contributed by atoms with Gasteiger partial charge in [-0.25, -0.2) is 8.42 Å². The monoisotopic (exact) mass is 312 g/mol. The van der Waals surface area contributed by atoms with E-state index in [0.29, 0.717) is 31.5 Å². The molecule has 1 N–H and O–H groups in total. The minimum atomic E-state index is -3.63. The van der Waals surface area contributed by atoms with Crippen molar-refractivity contribution in [2.45, 2.75) is 38.0 Å². The summed E-state index contributed by atoms with van der Waals surface area (Å²) in [5, 5.41) is 8.38. The summed E-state index contributed by atoms with van der Waals surface area (Å²) in [5.74, 6) is -1.82. The number of carboxylic acid groups (broad SMARTS) is 1. The molecule has 1 heterocycles. The first-order chi connectivity index (χ1) is 9.96. The summed E-state index contributed by atoms with van der Waals surface area (Å²) in [6, 6.07) is 5.34. The van der Waals surface area contributed by atoms with Crippen LogP contribution in [0.15, 0.2) is 24.4 Å². The zero-order chi connectivity index (χ0) is 15.5. The van der Waals surface area contributed by atoms with E-state index in [1.807, 2.05) is 0 Å². The van der Waals surface area contributed by atoms with Gasteiger partial charge in [0.2, 0.25) is 10.0 Å². The first-order valence-corrected chi connectivity index (χ1v) is 8.58. The molecule has 2 atom stereocenters. The number of nitrogens with zero attached hydrogens (tertiary/aromatic N) is 2. The van der Waals surface area contributed by atoms with E-state index in [-0.39, 0.29) is 6.54 Å².